The van der Waals surface area contributed by atoms with Gasteiger partial charge in [-0.15, -0.1) is 0 Å². The number of nitrogen functional groups attached to an aromatic ring is 2. The highest BCUT2D eigenvalue weighted by Crippen LogP contribution is 2.59. The van der Waals surface area contributed by atoms with Gasteiger partial charge in [-0.25, -0.2) is 38.9 Å². The first-order valence-corrected chi connectivity index (χ1v) is 17.8. The minimum Gasteiger partial charge on any atom is -0.382 e. The van der Waals surface area contributed by atoms with Crippen LogP contribution in [0.2, 0.25) is 0 Å². The number of aromatic nitrogens is 8. The fourth-order valence-electron chi connectivity index (χ4n) is 5.90. The van der Waals surface area contributed by atoms with Gasteiger partial charge in [-0.05, 0) is 6.42 Å². The molecule has 0 spiro atoms. The van der Waals surface area contributed by atoms with Crippen molar-refractivity contribution in [2.24, 2.45) is 0 Å². The quantitative estimate of drug-likeness (QED) is 0.204. The number of alkyl halides is 1. The smallest absolute Gasteiger partial charge is 0.382 e. The third-order valence-corrected chi connectivity index (χ3v) is 10.7. The first-order valence-electron chi connectivity index (χ1n) is 13.9. The first kappa shape index (κ1) is 31.7. The van der Waals surface area contributed by atoms with Crippen LogP contribution in [0.4, 0.5) is 16.0 Å². The number of ether oxygens (including phenoxy) is 3. The summed E-state index contributed by atoms with van der Waals surface area (Å²) >= 11 is 4.18. The standard InChI is InChI=1S/C23H29FN10O9P2S/c1-3-23-5-39-45(36,46)43-14-11(24)10(40-21(14)33-8-31-12-17(25)27-6-29-19(12)33)4-38-44(35)42-16(23)15(37-2)22(41-23)34-9-32-13-18(26)28-7-30-20(13)34/h6-11,14-16,21-22,44H,3-5H2,1-2H3,(H,36,46)(H2,25,27,29)(H2,26,28,30)/t10-,11+,14-,15-,16+,21-,22-,23-,45-/m1/s1. The molecule has 0 aromatic carbocycles. The molecule has 23 heteroatoms. The molecule has 4 aromatic rings. The maximum atomic E-state index is 15.9. The van der Waals surface area contributed by atoms with E-state index in [0.717, 1.165) is 0 Å². The van der Waals surface area contributed by atoms with Crippen molar-refractivity contribution in [2.45, 2.75) is 62.0 Å². The van der Waals surface area contributed by atoms with Crippen molar-refractivity contribution in [1.82, 2.24) is 39.0 Å². The Kier molecular flexibility index (Phi) is 8.28. The van der Waals surface area contributed by atoms with Crippen molar-refractivity contribution >= 4 is 61.3 Å². The van der Waals surface area contributed by atoms with Gasteiger partial charge in [0, 0.05) is 7.11 Å². The molecule has 7 rings (SSSR count). The number of anilines is 2. The summed E-state index contributed by atoms with van der Waals surface area (Å²) in [5.41, 5.74) is 11.5. The summed E-state index contributed by atoms with van der Waals surface area (Å²) in [6, 6.07) is 0. The molecule has 1 unspecified atom stereocenters. The molecule has 3 fully saturated rings. The Morgan fingerprint density at radius 2 is 1.72 bits per heavy atom. The Morgan fingerprint density at radius 1 is 1.09 bits per heavy atom. The van der Waals surface area contributed by atoms with Gasteiger partial charge in [-0.3, -0.25) is 22.7 Å². The molecule has 0 amide bonds. The van der Waals surface area contributed by atoms with E-state index in [-0.39, 0.29) is 29.2 Å². The van der Waals surface area contributed by atoms with Crippen LogP contribution in [0.1, 0.15) is 25.8 Å². The van der Waals surface area contributed by atoms with Gasteiger partial charge >= 0.3 is 15.1 Å². The first-order chi connectivity index (χ1) is 22.1. The average molecular weight is 703 g/mol. The summed E-state index contributed by atoms with van der Waals surface area (Å²) in [5, 5.41) is 0. The molecule has 4 aromatic heterocycles. The summed E-state index contributed by atoms with van der Waals surface area (Å²) in [6.45, 7) is -3.62. The van der Waals surface area contributed by atoms with E-state index < -0.39 is 76.9 Å². The minimum absolute atomic E-state index is 0.0836. The van der Waals surface area contributed by atoms with Gasteiger partial charge in [0.2, 0.25) is 0 Å². The maximum Gasteiger partial charge on any atom is 0.386 e. The van der Waals surface area contributed by atoms with Crippen LogP contribution < -0.4 is 11.5 Å². The lowest BCUT2D eigenvalue weighted by molar-refractivity contribution is -0.124. The van der Waals surface area contributed by atoms with Crippen molar-refractivity contribution < 1.29 is 45.8 Å². The Morgan fingerprint density at radius 3 is 2.33 bits per heavy atom. The zero-order chi connectivity index (χ0) is 32.4. The molecule has 2 bridgehead atoms. The molecule has 0 aliphatic carbocycles. The van der Waals surface area contributed by atoms with Crippen molar-refractivity contribution in [3.63, 3.8) is 0 Å². The van der Waals surface area contributed by atoms with Crippen LogP contribution in [-0.4, -0.2) is 95.6 Å². The maximum absolute atomic E-state index is 15.9. The van der Waals surface area contributed by atoms with Crippen molar-refractivity contribution in [3.8, 4) is 0 Å². The van der Waals surface area contributed by atoms with Crippen LogP contribution in [0, 0.1) is 0 Å². The second-order valence-electron chi connectivity index (χ2n) is 10.7. The molecule has 7 heterocycles. The van der Waals surface area contributed by atoms with Crippen LogP contribution in [0.5, 0.6) is 0 Å². The third kappa shape index (κ3) is 5.28. The highest BCUT2D eigenvalue weighted by Gasteiger charge is 2.59. The number of hydrogen-bond donors (Lipinski definition) is 3. The second-order valence-corrected chi connectivity index (χ2v) is 14.6. The Balaban J connectivity index is 1.23. The van der Waals surface area contributed by atoms with Gasteiger partial charge in [0.25, 0.3) is 0 Å². The number of hydrogen-bond acceptors (Lipinski definition) is 17. The van der Waals surface area contributed by atoms with Crippen LogP contribution >= 0.6 is 27.3 Å². The number of fused-ring (bicyclic) bond motifs is 5. The molecule has 3 saturated heterocycles. The zero-order valence-corrected chi connectivity index (χ0v) is 26.9. The van der Waals surface area contributed by atoms with Gasteiger partial charge in [-0.1, -0.05) is 19.2 Å². The second kappa shape index (κ2) is 12.0. The minimum atomic E-state index is -4.38. The number of methoxy groups -OCH3 is 1. The predicted molar refractivity (Wildman–Crippen MR) is 159 cm³/mol. The van der Waals surface area contributed by atoms with E-state index in [4.69, 9.17) is 43.8 Å². The summed E-state index contributed by atoms with van der Waals surface area (Å²) in [7, 11) is -1.96. The SMILES string of the molecule is CC[C@@]12CO[P@@](=O)(S)O[C@@H]3[C@@H](F)[C@@H](CO[PH](=O)O[C@H]1[C@@H](OC)[C@H](n1cnc4c(N)ncnc41)O2)O[C@H]3n1cnc2c(N)ncnc21. The number of imidazole rings is 2. The molecule has 3 aliphatic heterocycles. The van der Waals surface area contributed by atoms with Gasteiger partial charge < -0.3 is 34.7 Å². The zero-order valence-electron chi connectivity index (χ0n) is 24.2. The molecule has 19 nitrogen and oxygen atoms in total. The Hall–Kier alpha value is -2.84. The number of halogens is 1. The van der Waals surface area contributed by atoms with Crippen molar-refractivity contribution in [1.29, 1.82) is 0 Å². The predicted octanol–water partition coefficient (Wildman–Crippen LogP) is 2.00. The third-order valence-electron chi connectivity index (χ3n) is 8.23. The van der Waals surface area contributed by atoms with Gasteiger partial charge in [-0.2, -0.15) is 0 Å². The van der Waals surface area contributed by atoms with E-state index in [0.29, 0.717) is 11.2 Å². The van der Waals surface area contributed by atoms with Crippen molar-refractivity contribution in [2.75, 3.05) is 31.8 Å². The molecule has 46 heavy (non-hydrogen) atoms. The summed E-state index contributed by atoms with van der Waals surface area (Å²) < 4.78 is 87.2. The molecule has 4 N–H and O–H groups in total. The number of thiol groups is 1. The molecule has 0 saturated carbocycles. The monoisotopic (exact) mass is 702 g/mol. The van der Waals surface area contributed by atoms with Crippen molar-refractivity contribution in [3.05, 3.63) is 25.3 Å². The number of rotatable bonds is 4. The average Bonchev–Trinajstić information content (AvgIpc) is 3.79. The number of nitrogens with zero attached hydrogens (tertiary/aromatic N) is 8. The van der Waals surface area contributed by atoms with Crippen LogP contribution in [-0.2, 0) is 41.4 Å². The normalized spacial score (nSPS) is 37.1. The van der Waals surface area contributed by atoms with Gasteiger partial charge in [0.15, 0.2) is 41.6 Å². The number of nitrogens with two attached hydrogens (primary N) is 2. The largest absolute Gasteiger partial charge is 0.386 e. The summed E-state index contributed by atoms with van der Waals surface area (Å²) in [5.74, 6) is 0.232. The summed E-state index contributed by atoms with van der Waals surface area (Å²) in [6.07, 6.45) is -3.78. The lowest BCUT2D eigenvalue weighted by Crippen LogP contribution is -2.47. The molecule has 3 aliphatic rings. The van der Waals surface area contributed by atoms with Crippen LogP contribution in [0.15, 0.2) is 25.3 Å². The van der Waals surface area contributed by atoms with E-state index in [1.54, 1.807) is 11.5 Å². The Bertz CT molecular complexity index is 1850. The topological polar surface area (TPSA) is 238 Å². The van der Waals surface area contributed by atoms with E-state index in [2.05, 4.69) is 42.2 Å². The van der Waals surface area contributed by atoms with Crippen LogP contribution in [0.25, 0.3) is 22.3 Å². The van der Waals surface area contributed by atoms with Gasteiger partial charge in [0.05, 0.1) is 25.9 Å². The Labute approximate surface area is 265 Å². The lowest BCUT2D eigenvalue weighted by atomic mass is 9.93. The van der Waals surface area contributed by atoms with E-state index in [1.165, 1.54) is 37.0 Å². The highest BCUT2D eigenvalue weighted by atomic mass is 32.7. The molecular formula is C23H29FN10O9P2S. The lowest BCUT2D eigenvalue weighted by Gasteiger charge is -2.34. The van der Waals surface area contributed by atoms with Crippen LogP contribution in [0.3, 0.4) is 0 Å². The fourth-order valence-corrected chi connectivity index (χ4v) is 8.29. The van der Waals surface area contributed by atoms with E-state index >= 15 is 4.39 Å². The summed E-state index contributed by atoms with van der Waals surface area (Å²) in [4.78, 5) is 24.8. The van der Waals surface area contributed by atoms with Gasteiger partial charge in [0.1, 0.15) is 53.7 Å². The molecule has 0 radical (unpaired) electrons. The molecule has 10 atom stereocenters. The van der Waals surface area contributed by atoms with E-state index in [1.807, 2.05) is 0 Å². The highest BCUT2D eigenvalue weighted by molar-refractivity contribution is 8.44. The fraction of sp³-hybridized carbons (Fsp3) is 0.565. The molecule has 248 valence electrons. The van der Waals surface area contributed by atoms with E-state index in [9.17, 15) is 9.13 Å². The molecular weight excluding hydrogens is 673 g/mol.